The van der Waals surface area contributed by atoms with E-state index in [1.165, 1.54) is 11.1 Å². The van der Waals surface area contributed by atoms with Gasteiger partial charge in [-0.05, 0) is 37.1 Å². The van der Waals surface area contributed by atoms with Crippen molar-refractivity contribution in [1.29, 1.82) is 0 Å². The van der Waals surface area contributed by atoms with E-state index >= 15 is 0 Å². The molecule has 0 saturated carbocycles. The number of aryl methyl sites for hydroxylation is 1. The Bertz CT molecular complexity index is 320. The Morgan fingerprint density at radius 2 is 2.25 bits per heavy atom. The minimum absolute atomic E-state index is 0.341. The molecule has 12 heavy (non-hydrogen) atoms. The van der Waals surface area contributed by atoms with Gasteiger partial charge in [0, 0.05) is 10.9 Å². The van der Waals surface area contributed by atoms with Crippen LogP contribution in [0.4, 0.5) is 0 Å². The first-order chi connectivity index (χ1) is 5.66. The highest BCUT2D eigenvalue weighted by Gasteiger charge is 2.20. The fourth-order valence-corrected chi connectivity index (χ4v) is 2.29. The van der Waals surface area contributed by atoms with E-state index < -0.39 is 0 Å². The van der Waals surface area contributed by atoms with E-state index in [4.69, 9.17) is 4.74 Å². The molecule has 0 fully saturated rings. The van der Waals surface area contributed by atoms with Gasteiger partial charge in [-0.25, -0.2) is 0 Å². The fourth-order valence-electron chi connectivity index (χ4n) is 1.67. The van der Waals surface area contributed by atoms with Crippen molar-refractivity contribution in [1.82, 2.24) is 0 Å². The molecule has 1 aliphatic heterocycles. The lowest BCUT2D eigenvalue weighted by Crippen LogP contribution is -2.05. The number of ether oxygens (including phenoxy) is 1. The number of hydrogen-bond acceptors (Lipinski definition) is 1. The van der Waals surface area contributed by atoms with Crippen LogP contribution in [0.3, 0.4) is 0 Å². The van der Waals surface area contributed by atoms with E-state index in [0.717, 1.165) is 16.6 Å². The molecule has 1 aliphatic rings. The van der Waals surface area contributed by atoms with Gasteiger partial charge in [-0.1, -0.05) is 15.9 Å². The van der Waals surface area contributed by atoms with Crippen molar-refractivity contribution in [3.63, 3.8) is 0 Å². The van der Waals surface area contributed by atoms with Crippen molar-refractivity contribution in [2.45, 2.75) is 26.4 Å². The monoisotopic (exact) mass is 226 g/mol. The smallest absolute Gasteiger partial charge is 0.126 e. The summed E-state index contributed by atoms with van der Waals surface area (Å²) in [5, 5.41) is 0. The number of fused-ring (bicyclic) bond motifs is 1. The first-order valence-electron chi connectivity index (χ1n) is 4.12. The highest BCUT2D eigenvalue weighted by molar-refractivity contribution is 9.10. The predicted molar refractivity (Wildman–Crippen MR) is 52.7 cm³/mol. The van der Waals surface area contributed by atoms with Gasteiger partial charge in [0.05, 0.1) is 0 Å². The number of halogens is 1. The lowest BCUT2D eigenvalue weighted by atomic mass is 10.1. The molecule has 0 N–H and O–H groups in total. The molecule has 1 nitrogen and oxygen atoms in total. The van der Waals surface area contributed by atoms with Crippen LogP contribution >= 0.6 is 15.9 Å². The van der Waals surface area contributed by atoms with E-state index in [-0.39, 0.29) is 0 Å². The van der Waals surface area contributed by atoms with Crippen molar-refractivity contribution in [3.8, 4) is 5.75 Å². The van der Waals surface area contributed by atoms with Gasteiger partial charge < -0.3 is 4.74 Å². The molecule has 2 heteroatoms. The minimum Gasteiger partial charge on any atom is -0.490 e. The SMILES string of the molecule is Cc1cc(Br)cc2c1OC(C)C2. The molecule has 0 amide bonds. The van der Waals surface area contributed by atoms with Gasteiger partial charge in [0.15, 0.2) is 0 Å². The summed E-state index contributed by atoms with van der Waals surface area (Å²) in [7, 11) is 0. The normalized spacial score (nSPS) is 20.4. The standard InChI is InChI=1S/C10H11BrO/c1-6-3-9(11)5-8-4-7(2)12-10(6)8/h3,5,7H,4H2,1-2H3. The van der Waals surface area contributed by atoms with E-state index in [9.17, 15) is 0 Å². The zero-order chi connectivity index (χ0) is 8.72. The van der Waals surface area contributed by atoms with Crippen LogP contribution in [-0.2, 0) is 6.42 Å². The maximum Gasteiger partial charge on any atom is 0.126 e. The Kier molecular flexibility index (Phi) is 1.87. The highest BCUT2D eigenvalue weighted by Crippen LogP contribution is 2.34. The van der Waals surface area contributed by atoms with Gasteiger partial charge >= 0.3 is 0 Å². The van der Waals surface area contributed by atoms with Crippen molar-refractivity contribution in [2.75, 3.05) is 0 Å². The van der Waals surface area contributed by atoms with E-state index in [1.54, 1.807) is 0 Å². The Labute approximate surface area is 80.9 Å². The molecule has 1 aromatic carbocycles. The third kappa shape index (κ3) is 1.24. The number of benzene rings is 1. The zero-order valence-corrected chi connectivity index (χ0v) is 8.81. The fraction of sp³-hybridized carbons (Fsp3) is 0.400. The van der Waals surface area contributed by atoms with Crippen LogP contribution < -0.4 is 4.74 Å². The van der Waals surface area contributed by atoms with Gasteiger partial charge in [-0.2, -0.15) is 0 Å². The Morgan fingerprint density at radius 3 is 3.00 bits per heavy atom. The second kappa shape index (κ2) is 2.77. The van der Waals surface area contributed by atoms with Gasteiger partial charge in [0.2, 0.25) is 0 Å². The molecule has 1 heterocycles. The van der Waals surface area contributed by atoms with Crippen LogP contribution in [-0.4, -0.2) is 6.10 Å². The van der Waals surface area contributed by atoms with Crippen LogP contribution in [0.5, 0.6) is 5.75 Å². The largest absolute Gasteiger partial charge is 0.490 e. The second-order valence-corrected chi connectivity index (χ2v) is 4.26. The van der Waals surface area contributed by atoms with Gasteiger partial charge in [-0.3, -0.25) is 0 Å². The molecule has 1 aromatic rings. The van der Waals surface area contributed by atoms with Crippen LogP contribution in [0.15, 0.2) is 16.6 Å². The van der Waals surface area contributed by atoms with Crippen LogP contribution in [0.2, 0.25) is 0 Å². The van der Waals surface area contributed by atoms with Crippen LogP contribution in [0.25, 0.3) is 0 Å². The summed E-state index contributed by atoms with van der Waals surface area (Å²) in [4.78, 5) is 0. The molecule has 0 aliphatic carbocycles. The van der Waals surface area contributed by atoms with Crippen molar-refractivity contribution in [3.05, 3.63) is 27.7 Å². The molecular formula is C10H11BrO. The zero-order valence-electron chi connectivity index (χ0n) is 7.23. The summed E-state index contributed by atoms with van der Waals surface area (Å²) in [6.45, 7) is 4.19. The summed E-state index contributed by atoms with van der Waals surface area (Å²) in [5.74, 6) is 1.09. The molecule has 0 saturated heterocycles. The lowest BCUT2D eigenvalue weighted by Gasteiger charge is -2.05. The van der Waals surface area contributed by atoms with Crippen molar-refractivity contribution < 1.29 is 4.74 Å². The van der Waals surface area contributed by atoms with Crippen molar-refractivity contribution >= 4 is 15.9 Å². The van der Waals surface area contributed by atoms with E-state index in [2.05, 4.69) is 41.9 Å². The Morgan fingerprint density at radius 1 is 1.50 bits per heavy atom. The van der Waals surface area contributed by atoms with Crippen LogP contribution in [0.1, 0.15) is 18.1 Å². The second-order valence-electron chi connectivity index (χ2n) is 3.34. The summed E-state index contributed by atoms with van der Waals surface area (Å²) < 4.78 is 6.82. The maximum absolute atomic E-state index is 5.67. The Hall–Kier alpha value is -0.500. The Balaban J connectivity index is 2.52. The van der Waals surface area contributed by atoms with Gasteiger partial charge in [-0.15, -0.1) is 0 Å². The number of rotatable bonds is 0. The number of hydrogen-bond donors (Lipinski definition) is 0. The lowest BCUT2D eigenvalue weighted by molar-refractivity contribution is 0.253. The van der Waals surface area contributed by atoms with Crippen molar-refractivity contribution in [2.24, 2.45) is 0 Å². The average molecular weight is 227 g/mol. The van der Waals surface area contributed by atoms with Gasteiger partial charge in [0.25, 0.3) is 0 Å². The summed E-state index contributed by atoms with van der Waals surface area (Å²) >= 11 is 3.48. The summed E-state index contributed by atoms with van der Waals surface area (Å²) in [5.41, 5.74) is 2.55. The van der Waals surface area contributed by atoms with E-state index in [0.29, 0.717) is 6.10 Å². The third-order valence-corrected chi connectivity index (χ3v) is 2.60. The predicted octanol–water partition coefficient (Wildman–Crippen LogP) is 3.08. The molecule has 0 radical (unpaired) electrons. The minimum atomic E-state index is 0.341. The summed E-state index contributed by atoms with van der Waals surface area (Å²) in [6, 6.07) is 4.24. The topological polar surface area (TPSA) is 9.23 Å². The third-order valence-electron chi connectivity index (χ3n) is 2.14. The summed E-state index contributed by atoms with van der Waals surface area (Å²) in [6.07, 6.45) is 1.38. The van der Waals surface area contributed by atoms with E-state index in [1.807, 2.05) is 0 Å². The maximum atomic E-state index is 5.67. The highest BCUT2D eigenvalue weighted by atomic mass is 79.9. The molecule has 64 valence electrons. The molecular weight excluding hydrogens is 216 g/mol. The molecule has 0 spiro atoms. The quantitative estimate of drug-likeness (QED) is 0.661. The molecule has 1 atom stereocenters. The molecule has 2 rings (SSSR count). The first-order valence-corrected chi connectivity index (χ1v) is 4.92. The average Bonchev–Trinajstić information content (AvgIpc) is 2.29. The van der Waals surface area contributed by atoms with Crippen LogP contribution in [0, 0.1) is 6.92 Å². The van der Waals surface area contributed by atoms with Gasteiger partial charge in [0.1, 0.15) is 11.9 Å². The molecule has 0 aromatic heterocycles. The molecule has 1 unspecified atom stereocenters. The molecule has 0 bridgehead atoms. The first kappa shape index (κ1) is 8.11.